The van der Waals surface area contributed by atoms with Gasteiger partial charge in [0.15, 0.2) is 18.2 Å². The molecule has 1 saturated heterocycles. The van der Waals surface area contributed by atoms with Gasteiger partial charge in [-0.3, -0.25) is 9.59 Å². The third-order valence-electron chi connectivity index (χ3n) is 4.96. The largest absolute Gasteiger partial charge is 0.368 e. The standard InChI is InChI=1S/C21H25N3O2/c1-16-3-4-17(2)19(15-16)20(25)5-6-21(26)24-13-11-23(12-14-24)18-7-9-22-10-8-18/h3-4,7-10,15H,5-6,11-14H2,1-2H3/p+1. The predicted molar refractivity (Wildman–Crippen MR) is 101 cm³/mol. The van der Waals surface area contributed by atoms with Crippen LogP contribution in [-0.4, -0.2) is 42.8 Å². The van der Waals surface area contributed by atoms with Crippen molar-refractivity contribution in [3.8, 4) is 0 Å². The average Bonchev–Trinajstić information content (AvgIpc) is 2.68. The smallest absolute Gasteiger partial charge is 0.223 e. The third-order valence-corrected chi connectivity index (χ3v) is 4.96. The zero-order valence-corrected chi connectivity index (χ0v) is 15.5. The normalized spacial score (nSPS) is 14.4. The number of benzene rings is 1. The highest BCUT2D eigenvalue weighted by atomic mass is 16.2. The lowest BCUT2D eigenvalue weighted by Gasteiger charge is -2.35. The van der Waals surface area contributed by atoms with E-state index < -0.39 is 0 Å². The fourth-order valence-corrected chi connectivity index (χ4v) is 3.35. The molecule has 1 aliphatic rings. The van der Waals surface area contributed by atoms with Gasteiger partial charge in [-0.25, -0.2) is 4.98 Å². The van der Waals surface area contributed by atoms with Crippen LogP contribution in [0.3, 0.4) is 0 Å². The van der Waals surface area contributed by atoms with Crippen LogP contribution in [0.25, 0.3) is 0 Å². The second kappa shape index (κ2) is 8.13. The molecule has 2 heterocycles. The van der Waals surface area contributed by atoms with E-state index in [4.69, 9.17) is 0 Å². The molecule has 1 aromatic heterocycles. The van der Waals surface area contributed by atoms with Gasteiger partial charge in [0.25, 0.3) is 0 Å². The zero-order valence-electron chi connectivity index (χ0n) is 15.5. The van der Waals surface area contributed by atoms with E-state index in [1.54, 1.807) is 0 Å². The second-order valence-electron chi connectivity index (χ2n) is 6.87. The van der Waals surface area contributed by atoms with Crippen LogP contribution in [0.4, 0.5) is 5.69 Å². The number of anilines is 1. The summed E-state index contributed by atoms with van der Waals surface area (Å²) in [6.07, 6.45) is 4.38. The summed E-state index contributed by atoms with van der Waals surface area (Å²) >= 11 is 0. The molecule has 3 rings (SSSR count). The van der Waals surface area contributed by atoms with E-state index in [1.165, 1.54) is 5.69 Å². The van der Waals surface area contributed by atoms with E-state index in [0.29, 0.717) is 13.1 Å². The van der Waals surface area contributed by atoms with Gasteiger partial charge in [-0.1, -0.05) is 17.7 Å². The molecule has 1 aromatic carbocycles. The van der Waals surface area contributed by atoms with Crippen LogP contribution in [0.15, 0.2) is 42.7 Å². The number of rotatable bonds is 5. The summed E-state index contributed by atoms with van der Waals surface area (Å²) in [5.41, 5.74) is 3.95. The molecule has 0 spiro atoms. The highest BCUT2D eigenvalue weighted by Crippen LogP contribution is 2.17. The lowest BCUT2D eigenvalue weighted by atomic mass is 9.99. The molecule has 0 bridgehead atoms. The van der Waals surface area contributed by atoms with Crippen molar-refractivity contribution in [3.63, 3.8) is 0 Å². The van der Waals surface area contributed by atoms with Gasteiger partial charge in [0.2, 0.25) is 5.91 Å². The van der Waals surface area contributed by atoms with E-state index in [2.05, 4.69) is 9.88 Å². The Kier molecular flexibility index (Phi) is 5.66. The van der Waals surface area contributed by atoms with Gasteiger partial charge in [-0.15, -0.1) is 0 Å². The molecule has 5 heteroatoms. The predicted octanol–water partition coefficient (Wildman–Crippen LogP) is 2.43. The minimum Gasteiger partial charge on any atom is -0.368 e. The summed E-state index contributed by atoms with van der Waals surface area (Å²) in [6, 6.07) is 9.96. The molecule has 0 atom stereocenters. The van der Waals surface area contributed by atoms with Crippen molar-refractivity contribution >= 4 is 17.4 Å². The van der Waals surface area contributed by atoms with Crippen LogP contribution in [0.1, 0.15) is 34.3 Å². The maximum Gasteiger partial charge on any atom is 0.223 e. The Morgan fingerprint density at radius 1 is 0.962 bits per heavy atom. The summed E-state index contributed by atoms with van der Waals surface area (Å²) < 4.78 is 0. The SMILES string of the molecule is Cc1ccc(C)c(C(=O)CCC(=O)N2CCN(c3cc[nH+]cc3)CC2)c1. The van der Waals surface area contributed by atoms with Crippen molar-refractivity contribution in [1.82, 2.24) is 4.90 Å². The molecule has 1 fully saturated rings. The van der Waals surface area contributed by atoms with Gasteiger partial charge < -0.3 is 9.80 Å². The molecule has 5 nitrogen and oxygen atoms in total. The molecule has 1 aliphatic heterocycles. The number of aryl methyl sites for hydroxylation is 2. The van der Waals surface area contributed by atoms with Crippen molar-refractivity contribution in [2.24, 2.45) is 0 Å². The van der Waals surface area contributed by atoms with E-state index >= 15 is 0 Å². The molecular formula is C21H26N3O2+. The van der Waals surface area contributed by atoms with Crippen LogP contribution >= 0.6 is 0 Å². The van der Waals surface area contributed by atoms with Crippen LogP contribution in [0.5, 0.6) is 0 Å². The van der Waals surface area contributed by atoms with Crippen molar-refractivity contribution in [1.29, 1.82) is 0 Å². The third kappa shape index (κ3) is 4.28. The Morgan fingerprint density at radius 3 is 2.35 bits per heavy atom. The maximum atomic E-state index is 12.5. The maximum absolute atomic E-state index is 12.5. The summed E-state index contributed by atoms with van der Waals surface area (Å²) in [6.45, 7) is 6.96. The number of aromatic amines is 1. The Hall–Kier alpha value is -2.69. The summed E-state index contributed by atoms with van der Waals surface area (Å²) in [5, 5.41) is 0. The molecule has 1 N–H and O–H groups in total. The Labute approximate surface area is 154 Å². The van der Waals surface area contributed by atoms with Crippen molar-refractivity contribution in [2.75, 3.05) is 31.1 Å². The number of amides is 1. The van der Waals surface area contributed by atoms with E-state index in [-0.39, 0.29) is 24.5 Å². The number of piperazine rings is 1. The lowest BCUT2D eigenvalue weighted by molar-refractivity contribution is -0.377. The zero-order chi connectivity index (χ0) is 18.5. The fraction of sp³-hybridized carbons (Fsp3) is 0.381. The first-order chi connectivity index (χ1) is 12.5. The molecule has 2 aromatic rings. The molecule has 0 saturated carbocycles. The van der Waals surface area contributed by atoms with Crippen molar-refractivity contribution < 1.29 is 14.6 Å². The molecular weight excluding hydrogens is 326 g/mol. The van der Waals surface area contributed by atoms with Gasteiger partial charge in [-0.2, -0.15) is 0 Å². The Balaban J connectivity index is 1.50. The summed E-state index contributed by atoms with van der Waals surface area (Å²) in [7, 11) is 0. The quantitative estimate of drug-likeness (QED) is 0.777. The number of nitrogens with one attached hydrogen (secondary N) is 1. The van der Waals surface area contributed by atoms with Gasteiger partial charge in [-0.05, 0) is 25.5 Å². The fourth-order valence-electron chi connectivity index (χ4n) is 3.35. The number of pyridine rings is 1. The molecule has 0 radical (unpaired) electrons. The molecule has 0 unspecified atom stereocenters. The first-order valence-corrected chi connectivity index (χ1v) is 9.14. The van der Waals surface area contributed by atoms with Crippen molar-refractivity contribution in [2.45, 2.75) is 26.7 Å². The second-order valence-corrected chi connectivity index (χ2v) is 6.87. The Bertz CT molecular complexity index is 781. The first kappa shape index (κ1) is 18.1. The number of carbonyl (C=O) groups excluding carboxylic acids is 2. The van der Waals surface area contributed by atoms with Crippen LogP contribution in [0.2, 0.25) is 0 Å². The number of hydrogen-bond donors (Lipinski definition) is 0. The van der Waals surface area contributed by atoms with E-state index in [1.807, 2.05) is 61.5 Å². The highest BCUT2D eigenvalue weighted by molar-refractivity contribution is 5.99. The molecule has 26 heavy (non-hydrogen) atoms. The molecule has 1 amide bonds. The number of carbonyl (C=O) groups is 2. The first-order valence-electron chi connectivity index (χ1n) is 9.14. The average molecular weight is 352 g/mol. The number of H-pyrrole nitrogens is 1. The summed E-state index contributed by atoms with van der Waals surface area (Å²) in [5.74, 6) is 0.128. The molecule has 0 aliphatic carbocycles. The van der Waals surface area contributed by atoms with Gasteiger partial charge in [0.1, 0.15) is 0 Å². The van der Waals surface area contributed by atoms with Crippen LogP contribution < -0.4 is 9.88 Å². The Morgan fingerprint density at radius 2 is 1.65 bits per heavy atom. The molecule has 136 valence electrons. The van der Waals surface area contributed by atoms with Crippen LogP contribution in [-0.2, 0) is 4.79 Å². The van der Waals surface area contributed by atoms with E-state index in [9.17, 15) is 9.59 Å². The minimum absolute atomic E-state index is 0.0544. The lowest BCUT2D eigenvalue weighted by Crippen LogP contribution is -2.48. The number of nitrogens with zero attached hydrogens (tertiary/aromatic N) is 2. The number of aromatic nitrogens is 1. The van der Waals surface area contributed by atoms with Crippen molar-refractivity contribution in [3.05, 3.63) is 59.4 Å². The topological polar surface area (TPSA) is 54.8 Å². The highest BCUT2D eigenvalue weighted by Gasteiger charge is 2.22. The minimum atomic E-state index is 0.0544. The van der Waals surface area contributed by atoms with Gasteiger partial charge in [0.05, 0.1) is 0 Å². The number of ketones is 1. The van der Waals surface area contributed by atoms with Crippen LogP contribution in [0, 0.1) is 13.8 Å². The number of Topliss-reactive ketones (excluding diaryl/α,β-unsaturated/α-hetero) is 1. The number of hydrogen-bond acceptors (Lipinski definition) is 3. The van der Waals surface area contributed by atoms with Gasteiger partial charge >= 0.3 is 0 Å². The monoisotopic (exact) mass is 352 g/mol. The van der Waals surface area contributed by atoms with E-state index in [0.717, 1.165) is 29.8 Å². The summed E-state index contributed by atoms with van der Waals surface area (Å²) in [4.78, 5) is 32.1. The van der Waals surface area contributed by atoms with Gasteiger partial charge in [0, 0.05) is 62.4 Å².